The van der Waals surface area contributed by atoms with E-state index in [0.29, 0.717) is 9.27 Å². The van der Waals surface area contributed by atoms with E-state index in [2.05, 4.69) is 0 Å². The first-order valence-corrected chi connectivity index (χ1v) is 12.6. The second kappa shape index (κ2) is 9.95. The summed E-state index contributed by atoms with van der Waals surface area (Å²) in [6, 6.07) is 22.1. The number of carbonyl (C=O) groups is 1. The molecule has 0 radical (unpaired) electrons. The van der Waals surface area contributed by atoms with Crippen LogP contribution in [0.5, 0.6) is 5.75 Å². The molecule has 170 valence electrons. The molecule has 3 aromatic carbocycles. The van der Waals surface area contributed by atoms with Crippen LogP contribution in [0.4, 0.5) is 0 Å². The van der Waals surface area contributed by atoms with Crippen molar-refractivity contribution in [2.75, 3.05) is 6.54 Å². The molecule has 0 saturated heterocycles. The summed E-state index contributed by atoms with van der Waals surface area (Å²) in [5.74, 6) is -1.39. The average Bonchev–Trinajstić information content (AvgIpc) is 2.81. The van der Waals surface area contributed by atoms with Gasteiger partial charge in [-0.05, 0) is 42.0 Å². The highest BCUT2D eigenvalue weighted by atomic mass is 32.3. The van der Waals surface area contributed by atoms with Crippen molar-refractivity contribution in [2.24, 2.45) is 0 Å². The first-order valence-electron chi connectivity index (χ1n) is 9.72. The highest BCUT2D eigenvalue weighted by Gasteiger charge is 2.38. The monoisotopic (exact) mass is 484 g/mol. The van der Waals surface area contributed by atoms with Crippen molar-refractivity contribution >= 4 is 26.0 Å². The summed E-state index contributed by atoms with van der Waals surface area (Å²) in [7, 11) is -9.04. The molecule has 0 saturated carbocycles. The lowest BCUT2D eigenvalue weighted by molar-refractivity contribution is -0.131. The minimum absolute atomic E-state index is 0.216. The molecule has 0 bridgehead atoms. The SMILES string of the molecule is CC(=O)Oc1ccc(C(C#N)CN(S(=O)(=O)c2ccccc2)S(=O)(=O)c2ccccc2)cc1. The molecule has 0 spiro atoms. The summed E-state index contributed by atoms with van der Waals surface area (Å²) >= 11 is 0. The topological polar surface area (TPSA) is 122 Å². The predicted octanol–water partition coefficient (Wildman–Crippen LogP) is 3.30. The maximum Gasteiger partial charge on any atom is 0.308 e. The third-order valence-corrected chi connectivity index (χ3v) is 8.93. The average molecular weight is 485 g/mol. The van der Waals surface area contributed by atoms with Crippen LogP contribution in [0.15, 0.2) is 94.7 Å². The third kappa shape index (κ3) is 5.46. The van der Waals surface area contributed by atoms with Crippen molar-refractivity contribution in [2.45, 2.75) is 22.6 Å². The molecule has 0 aromatic heterocycles. The van der Waals surface area contributed by atoms with Gasteiger partial charge in [0.15, 0.2) is 0 Å². The van der Waals surface area contributed by atoms with E-state index >= 15 is 0 Å². The largest absolute Gasteiger partial charge is 0.427 e. The number of ether oxygens (including phenoxy) is 1. The summed E-state index contributed by atoms with van der Waals surface area (Å²) in [5.41, 5.74) is 0.366. The Kier molecular flexibility index (Phi) is 7.28. The van der Waals surface area contributed by atoms with E-state index in [1.54, 1.807) is 12.1 Å². The molecule has 0 aliphatic carbocycles. The molecule has 33 heavy (non-hydrogen) atoms. The van der Waals surface area contributed by atoms with Crippen molar-refractivity contribution in [1.82, 2.24) is 3.71 Å². The molecule has 0 N–H and O–H groups in total. The Labute approximate surface area is 192 Å². The molecule has 1 atom stereocenters. The number of hydrogen-bond acceptors (Lipinski definition) is 7. The normalized spacial score (nSPS) is 12.6. The van der Waals surface area contributed by atoms with Crippen LogP contribution >= 0.6 is 0 Å². The molecule has 0 fully saturated rings. The van der Waals surface area contributed by atoms with Crippen molar-refractivity contribution < 1.29 is 26.4 Å². The van der Waals surface area contributed by atoms with Gasteiger partial charge in [-0.3, -0.25) is 4.79 Å². The second-order valence-corrected chi connectivity index (χ2v) is 10.9. The molecular weight excluding hydrogens is 464 g/mol. The fourth-order valence-electron chi connectivity index (χ4n) is 3.05. The summed E-state index contributed by atoms with van der Waals surface area (Å²) < 4.78 is 58.9. The van der Waals surface area contributed by atoms with E-state index in [1.165, 1.54) is 79.7 Å². The van der Waals surface area contributed by atoms with Crippen molar-refractivity contribution in [3.63, 3.8) is 0 Å². The minimum Gasteiger partial charge on any atom is -0.427 e. The Morgan fingerprint density at radius 2 is 1.30 bits per heavy atom. The molecule has 0 aliphatic heterocycles. The Balaban J connectivity index is 2.06. The van der Waals surface area contributed by atoms with E-state index in [4.69, 9.17) is 4.74 Å². The van der Waals surface area contributed by atoms with Gasteiger partial charge in [-0.2, -0.15) is 5.26 Å². The number of hydrogen-bond donors (Lipinski definition) is 0. The van der Waals surface area contributed by atoms with Gasteiger partial charge in [0.25, 0.3) is 20.0 Å². The van der Waals surface area contributed by atoms with Crippen LogP contribution in [0.3, 0.4) is 0 Å². The summed E-state index contributed by atoms with van der Waals surface area (Å²) in [4.78, 5) is 10.7. The standard InChI is InChI=1S/C23H20N2O6S2/c1-18(26)31-21-14-12-19(13-15-21)20(16-24)17-25(32(27,28)22-8-4-2-5-9-22)33(29,30)23-10-6-3-7-11-23/h2-15,20H,17H2,1H3. The Bertz CT molecular complexity index is 1300. The molecule has 0 aliphatic rings. The Morgan fingerprint density at radius 1 is 0.848 bits per heavy atom. The van der Waals surface area contributed by atoms with Crippen molar-refractivity contribution in [3.05, 3.63) is 90.5 Å². The fourth-order valence-corrected chi connectivity index (χ4v) is 6.76. The lowest BCUT2D eigenvalue weighted by Crippen LogP contribution is -2.39. The highest BCUT2D eigenvalue weighted by molar-refractivity contribution is 8.04. The molecule has 3 rings (SSSR count). The smallest absolute Gasteiger partial charge is 0.308 e. The van der Waals surface area contributed by atoms with Crippen LogP contribution in [-0.2, 0) is 24.8 Å². The number of benzene rings is 3. The van der Waals surface area contributed by atoms with E-state index in [-0.39, 0.29) is 15.5 Å². The van der Waals surface area contributed by atoms with Crippen LogP contribution in [0, 0.1) is 11.3 Å². The van der Waals surface area contributed by atoms with Crippen LogP contribution in [0.25, 0.3) is 0 Å². The van der Waals surface area contributed by atoms with Crippen molar-refractivity contribution in [3.8, 4) is 11.8 Å². The molecular formula is C23H20N2O6S2. The van der Waals surface area contributed by atoms with Crippen LogP contribution < -0.4 is 4.74 Å². The zero-order valence-electron chi connectivity index (χ0n) is 17.5. The number of rotatable bonds is 8. The van der Waals surface area contributed by atoms with Gasteiger partial charge in [0.1, 0.15) is 5.75 Å². The van der Waals surface area contributed by atoms with E-state index in [9.17, 15) is 26.9 Å². The third-order valence-electron chi connectivity index (χ3n) is 4.65. The second-order valence-electron chi connectivity index (χ2n) is 6.94. The molecule has 1 unspecified atom stereocenters. The number of carbonyl (C=O) groups excluding carboxylic acids is 1. The number of nitrogens with zero attached hydrogens (tertiary/aromatic N) is 2. The number of nitriles is 1. The van der Waals surface area contributed by atoms with E-state index in [1.807, 2.05) is 6.07 Å². The Morgan fingerprint density at radius 3 is 1.70 bits per heavy atom. The van der Waals surface area contributed by atoms with Gasteiger partial charge in [-0.1, -0.05) is 52.2 Å². The molecule has 0 amide bonds. The molecule has 0 heterocycles. The fraction of sp³-hybridized carbons (Fsp3) is 0.130. The highest BCUT2D eigenvalue weighted by Crippen LogP contribution is 2.29. The predicted molar refractivity (Wildman–Crippen MR) is 120 cm³/mol. The minimum atomic E-state index is -4.52. The van der Waals surface area contributed by atoms with E-state index in [0.717, 1.165) is 0 Å². The first kappa shape index (κ1) is 24.1. The van der Waals surface area contributed by atoms with Gasteiger partial charge in [0.05, 0.1) is 28.3 Å². The maximum atomic E-state index is 13.4. The molecule has 10 heteroatoms. The van der Waals surface area contributed by atoms with Gasteiger partial charge in [-0.15, -0.1) is 0 Å². The summed E-state index contributed by atoms with van der Waals surface area (Å²) in [5, 5.41) is 9.76. The number of esters is 1. The van der Waals surface area contributed by atoms with Crippen LogP contribution in [0.1, 0.15) is 18.4 Å². The zero-order chi connectivity index (χ0) is 24.1. The quantitative estimate of drug-likeness (QED) is 0.355. The molecule has 8 nitrogen and oxygen atoms in total. The number of sulfonamides is 2. The maximum absolute atomic E-state index is 13.4. The lowest BCUT2D eigenvalue weighted by atomic mass is 10.0. The van der Waals surface area contributed by atoms with Gasteiger partial charge in [0, 0.05) is 6.92 Å². The first-order chi connectivity index (χ1) is 15.7. The molecule has 3 aromatic rings. The van der Waals surface area contributed by atoms with E-state index < -0.39 is 38.5 Å². The lowest BCUT2D eigenvalue weighted by Gasteiger charge is -2.24. The van der Waals surface area contributed by atoms with Gasteiger partial charge in [-0.25, -0.2) is 16.8 Å². The van der Waals surface area contributed by atoms with Gasteiger partial charge >= 0.3 is 5.97 Å². The van der Waals surface area contributed by atoms with Gasteiger partial charge in [0.2, 0.25) is 0 Å². The zero-order valence-corrected chi connectivity index (χ0v) is 19.2. The van der Waals surface area contributed by atoms with Crippen LogP contribution in [-0.4, -0.2) is 33.1 Å². The van der Waals surface area contributed by atoms with Crippen LogP contribution in [0.2, 0.25) is 0 Å². The Hall–Kier alpha value is -3.52. The summed E-state index contributed by atoms with van der Waals surface area (Å²) in [6.45, 7) is 0.602. The van der Waals surface area contributed by atoms with Crippen molar-refractivity contribution in [1.29, 1.82) is 5.26 Å². The van der Waals surface area contributed by atoms with Gasteiger partial charge < -0.3 is 4.74 Å². The summed E-state index contributed by atoms with van der Waals surface area (Å²) in [6.07, 6.45) is 0.